The number of aromatic nitrogens is 4. The van der Waals surface area contributed by atoms with Gasteiger partial charge in [0.25, 0.3) is 0 Å². The third-order valence-electron chi connectivity index (χ3n) is 2.48. The molecule has 16 heavy (non-hydrogen) atoms. The zero-order chi connectivity index (χ0) is 11.4. The number of rotatable bonds is 4. The molecule has 0 bridgehead atoms. The summed E-state index contributed by atoms with van der Waals surface area (Å²) in [5.74, 6) is 1.58. The number of hydrogen-bond donors (Lipinski definition) is 1. The summed E-state index contributed by atoms with van der Waals surface area (Å²) in [6.45, 7) is 2.91. The molecule has 0 spiro atoms. The lowest BCUT2D eigenvalue weighted by Crippen LogP contribution is -2.05. The van der Waals surface area contributed by atoms with Crippen molar-refractivity contribution >= 4 is 5.82 Å². The average Bonchev–Trinajstić information content (AvgIpc) is 2.74. The maximum atomic E-state index is 5.62. The summed E-state index contributed by atoms with van der Waals surface area (Å²) in [7, 11) is 0. The predicted molar refractivity (Wildman–Crippen MR) is 61.8 cm³/mol. The Balaban J connectivity index is 2.02. The van der Waals surface area contributed by atoms with E-state index in [0.717, 1.165) is 25.2 Å². The Hall–Kier alpha value is -1.91. The van der Waals surface area contributed by atoms with Crippen molar-refractivity contribution in [2.45, 2.75) is 26.3 Å². The lowest BCUT2D eigenvalue weighted by molar-refractivity contribution is 0.611. The summed E-state index contributed by atoms with van der Waals surface area (Å²) in [6.07, 6.45) is 5.11. The number of hydrogen-bond acceptors (Lipinski definition) is 4. The van der Waals surface area contributed by atoms with E-state index in [1.165, 1.54) is 5.56 Å². The highest BCUT2D eigenvalue weighted by molar-refractivity contribution is 5.31. The molecule has 0 atom stereocenters. The standard InChI is InChI=1S/C11H15N5/c1-2-16-11(14-8-15-16)4-3-9-5-6-13-10(12)7-9/h5-8H,2-4H2,1H3,(H2,12,13). The van der Waals surface area contributed by atoms with Crippen LogP contribution in [0.25, 0.3) is 0 Å². The number of nitrogen functional groups attached to an aromatic ring is 1. The minimum absolute atomic E-state index is 0.564. The second-order valence-corrected chi connectivity index (χ2v) is 3.58. The van der Waals surface area contributed by atoms with Crippen molar-refractivity contribution in [3.05, 3.63) is 36.0 Å². The summed E-state index contributed by atoms with van der Waals surface area (Å²) in [5, 5.41) is 4.13. The summed E-state index contributed by atoms with van der Waals surface area (Å²) in [4.78, 5) is 8.19. The van der Waals surface area contributed by atoms with Crippen molar-refractivity contribution in [3.8, 4) is 0 Å². The van der Waals surface area contributed by atoms with E-state index in [-0.39, 0.29) is 0 Å². The Bertz CT molecular complexity index is 463. The SMILES string of the molecule is CCn1ncnc1CCc1ccnc(N)c1. The normalized spacial score (nSPS) is 10.6. The van der Waals surface area contributed by atoms with Gasteiger partial charge >= 0.3 is 0 Å². The summed E-state index contributed by atoms with van der Waals surface area (Å²) < 4.78 is 1.91. The largest absolute Gasteiger partial charge is 0.384 e. The van der Waals surface area contributed by atoms with Crippen molar-refractivity contribution in [2.24, 2.45) is 0 Å². The van der Waals surface area contributed by atoms with Gasteiger partial charge in [-0.1, -0.05) is 0 Å². The number of aryl methyl sites for hydroxylation is 3. The fourth-order valence-electron chi connectivity index (χ4n) is 1.65. The Morgan fingerprint density at radius 1 is 1.31 bits per heavy atom. The first-order valence-electron chi connectivity index (χ1n) is 5.36. The van der Waals surface area contributed by atoms with Crippen LogP contribution in [0.15, 0.2) is 24.7 Å². The molecule has 84 valence electrons. The van der Waals surface area contributed by atoms with Gasteiger partial charge in [0.15, 0.2) is 0 Å². The smallest absolute Gasteiger partial charge is 0.138 e. The van der Waals surface area contributed by atoms with Gasteiger partial charge in [-0.3, -0.25) is 4.68 Å². The predicted octanol–water partition coefficient (Wildman–Crippen LogP) is 1.06. The quantitative estimate of drug-likeness (QED) is 0.831. The third kappa shape index (κ3) is 2.36. The van der Waals surface area contributed by atoms with Gasteiger partial charge in [0.1, 0.15) is 18.0 Å². The Morgan fingerprint density at radius 3 is 2.94 bits per heavy atom. The highest BCUT2D eigenvalue weighted by atomic mass is 15.3. The first-order chi connectivity index (χ1) is 7.79. The van der Waals surface area contributed by atoms with Crippen LogP contribution >= 0.6 is 0 Å². The average molecular weight is 217 g/mol. The number of pyridine rings is 1. The molecule has 0 saturated heterocycles. The minimum Gasteiger partial charge on any atom is -0.384 e. The molecule has 0 fully saturated rings. The van der Waals surface area contributed by atoms with Gasteiger partial charge in [0.2, 0.25) is 0 Å². The van der Waals surface area contributed by atoms with Crippen LogP contribution in [-0.4, -0.2) is 19.7 Å². The van der Waals surface area contributed by atoms with Crippen molar-refractivity contribution in [3.63, 3.8) is 0 Å². The topological polar surface area (TPSA) is 69.6 Å². The van der Waals surface area contributed by atoms with Crippen LogP contribution in [0, 0.1) is 0 Å². The van der Waals surface area contributed by atoms with E-state index in [9.17, 15) is 0 Å². The van der Waals surface area contributed by atoms with Crippen LogP contribution in [0.5, 0.6) is 0 Å². The summed E-state index contributed by atoms with van der Waals surface area (Å²) >= 11 is 0. The molecule has 2 rings (SSSR count). The van der Waals surface area contributed by atoms with Gasteiger partial charge in [-0.25, -0.2) is 9.97 Å². The molecule has 0 aliphatic heterocycles. The molecule has 2 aromatic heterocycles. The van der Waals surface area contributed by atoms with Crippen molar-refractivity contribution in [1.82, 2.24) is 19.7 Å². The lowest BCUT2D eigenvalue weighted by Gasteiger charge is -2.03. The third-order valence-corrected chi connectivity index (χ3v) is 2.48. The molecule has 0 aliphatic rings. The van der Waals surface area contributed by atoms with Crippen LogP contribution in [0.2, 0.25) is 0 Å². The second-order valence-electron chi connectivity index (χ2n) is 3.58. The Morgan fingerprint density at radius 2 is 2.19 bits per heavy atom. The van der Waals surface area contributed by atoms with Gasteiger partial charge in [-0.15, -0.1) is 0 Å². The van der Waals surface area contributed by atoms with Gasteiger partial charge in [-0.05, 0) is 31.0 Å². The zero-order valence-corrected chi connectivity index (χ0v) is 9.30. The highest BCUT2D eigenvalue weighted by Gasteiger charge is 2.03. The van der Waals surface area contributed by atoms with Crippen molar-refractivity contribution in [2.75, 3.05) is 5.73 Å². The molecule has 2 N–H and O–H groups in total. The first-order valence-corrected chi connectivity index (χ1v) is 5.36. The van der Waals surface area contributed by atoms with Crippen molar-refractivity contribution in [1.29, 1.82) is 0 Å². The molecular weight excluding hydrogens is 202 g/mol. The van der Waals surface area contributed by atoms with Crippen LogP contribution < -0.4 is 5.73 Å². The number of nitrogens with zero attached hydrogens (tertiary/aromatic N) is 4. The summed E-state index contributed by atoms with van der Waals surface area (Å²) in [5.41, 5.74) is 6.80. The molecule has 0 saturated carbocycles. The van der Waals surface area contributed by atoms with Crippen LogP contribution in [0.3, 0.4) is 0 Å². The van der Waals surface area contributed by atoms with Gasteiger partial charge in [0.05, 0.1) is 0 Å². The van der Waals surface area contributed by atoms with E-state index >= 15 is 0 Å². The first kappa shape index (κ1) is 10.6. The Labute approximate surface area is 94.3 Å². The molecule has 2 heterocycles. The monoisotopic (exact) mass is 217 g/mol. The minimum atomic E-state index is 0.564. The maximum absolute atomic E-state index is 5.62. The van der Waals surface area contributed by atoms with E-state index < -0.39 is 0 Å². The molecule has 0 aromatic carbocycles. The molecule has 0 aliphatic carbocycles. The van der Waals surface area contributed by atoms with Crippen LogP contribution in [0.1, 0.15) is 18.3 Å². The molecule has 2 aromatic rings. The van der Waals surface area contributed by atoms with Gasteiger partial charge in [0, 0.05) is 19.2 Å². The second kappa shape index (κ2) is 4.74. The number of nitrogens with two attached hydrogens (primary N) is 1. The number of anilines is 1. The maximum Gasteiger partial charge on any atom is 0.138 e. The van der Waals surface area contributed by atoms with Gasteiger partial charge < -0.3 is 5.73 Å². The molecule has 0 amide bonds. The van der Waals surface area contributed by atoms with E-state index in [1.807, 2.05) is 16.8 Å². The van der Waals surface area contributed by atoms with E-state index in [2.05, 4.69) is 22.0 Å². The fourth-order valence-corrected chi connectivity index (χ4v) is 1.65. The summed E-state index contributed by atoms with van der Waals surface area (Å²) in [6, 6.07) is 3.87. The van der Waals surface area contributed by atoms with E-state index in [0.29, 0.717) is 5.82 Å². The molecule has 0 radical (unpaired) electrons. The van der Waals surface area contributed by atoms with E-state index in [1.54, 1.807) is 12.5 Å². The molecule has 5 heteroatoms. The molecule has 5 nitrogen and oxygen atoms in total. The van der Waals surface area contributed by atoms with Crippen LogP contribution in [0.4, 0.5) is 5.82 Å². The van der Waals surface area contributed by atoms with Gasteiger partial charge in [-0.2, -0.15) is 5.10 Å². The fraction of sp³-hybridized carbons (Fsp3) is 0.364. The Kier molecular flexibility index (Phi) is 3.14. The molecule has 0 unspecified atom stereocenters. The highest BCUT2D eigenvalue weighted by Crippen LogP contribution is 2.07. The zero-order valence-electron chi connectivity index (χ0n) is 9.30. The van der Waals surface area contributed by atoms with E-state index in [4.69, 9.17) is 5.73 Å². The van der Waals surface area contributed by atoms with Crippen LogP contribution in [-0.2, 0) is 19.4 Å². The molecular formula is C11H15N5. The van der Waals surface area contributed by atoms with Crippen molar-refractivity contribution < 1.29 is 0 Å². The lowest BCUT2D eigenvalue weighted by atomic mass is 10.1.